The zero-order valence-corrected chi connectivity index (χ0v) is 17.1. The third-order valence-electron chi connectivity index (χ3n) is 4.95. The van der Waals surface area contributed by atoms with E-state index in [0.717, 1.165) is 12.8 Å². The van der Waals surface area contributed by atoms with E-state index in [1.807, 2.05) is 13.8 Å². The number of hydrogen-bond donors (Lipinski definition) is 0. The Labute approximate surface area is 162 Å². The molecule has 0 saturated carbocycles. The number of carbonyl (C=O) groups excluding carboxylic acids is 2. The molecule has 1 atom stereocenters. The Balaban J connectivity index is 2.19. The van der Waals surface area contributed by atoms with E-state index in [0.29, 0.717) is 26.1 Å². The van der Waals surface area contributed by atoms with Gasteiger partial charge in [-0.2, -0.15) is 4.31 Å². The van der Waals surface area contributed by atoms with Gasteiger partial charge in [-0.1, -0.05) is 24.6 Å². The number of likely N-dealkylation sites (N-methyl/N-ethyl adjacent to an activating group) is 2. The third-order valence-corrected chi connectivity index (χ3v) is 6.88. The van der Waals surface area contributed by atoms with Crippen LogP contribution in [0.3, 0.4) is 0 Å². The Morgan fingerprint density at radius 3 is 2.33 bits per heavy atom. The number of nitrogens with zero attached hydrogens (tertiary/aromatic N) is 3. The molecule has 150 valence electrons. The Hall–Kier alpha value is -1.93. The van der Waals surface area contributed by atoms with Crippen molar-refractivity contribution in [3.05, 3.63) is 30.3 Å². The zero-order chi connectivity index (χ0) is 20.0. The van der Waals surface area contributed by atoms with Gasteiger partial charge < -0.3 is 9.80 Å². The van der Waals surface area contributed by atoms with Gasteiger partial charge in [0.25, 0.3) is 0 Å². The number of carbonyl (C=O) groups is 2. The molecular weight excluding hydrogens is 366 g/mol. The molecule has 0 aliphatic carbocycles. The Morgan fingerprint density at radius 1 is 1.11 bits per heavy atom. The lowest BCUT2D eigenvalue weighted by molar-refractivity contribution is -0.141. The first kappa shape index (κ1) is 21.4. The summed E-state index contributed by atoms with van der Waals surface area (Å²) in [5, 5.41) is 0. The maximum absolute atomic E-state index is 13.0. The summed E-state index contributed by atoms with van der Waals surface area (Å²) in [5.41, 5.74) is 0. The van der Waals surface area contributed by atoms with E-state index in [4.69, 9.17) is 0 Å². The molecule has 0 aromatic heterocycles. The molecule has 1 saturated heterocycles. The SMILES string of the molecule is CCN(CC)C(=O)CN(C)C(=O)C1CCCCN1S(=O)(=O)c1ccccc1. The Bertz CT molecular complexity index is 747. The first-order chi connectivity index (χ1) is 12.8. The number of piperidine rings is 1. The van der Waals surface area contributed by atoms with E-state index in [-0.39, 0.29) is 23.3 Å². The molecule has 0 spiro atoms. The van der Waals surface area contributed by atoms with Crippen LogP contribution in [0.4, 0.5) is 0 Å². The second-order valence-corrected chi connectivity index (χ2v) is 8.59. The predicted octanol–water partition coefficient (Wildman–Crippen LogP) is 1.56. The fourth-order valence-corrected chi connectivity index (χ4v) is 5.05. The Morgan fingerprint density at radius 2 is 1.74 bits per heavy atom. The van der Waals surface area contributed by atoms with E-state index in [1.54, 1.807) is 42.3 Å². The van der Waals surface area contributed by atoms with Gasteiger partial charge in [0.15, 0.2) is 0 Å². The summed E-state index contributed by atoms with van der Waals surface area (Å²) >= 11 is 0. The lowest BCUT2D eigenvalue weighted by atomic mass is 10.0. The minimum absolute atomic E-state index is 0.0454. The molecule has 27 heavy (non-hydrogen) atoms. The molecule has 1 unspecified atom stereocenters. The van der Waals surface area contributed by atoms with Crippen molar-refractivity contribution in [1.29, 1.82) is 0 Å². The van der Waals surface area contributed by atoms with Crippen molar-refractivity contribution in [3.8, 4) is 0 Å². The quantitative estimate of drug-likeness (QED) is 0.702. The van der Waals surface area contributed by atoms with Gasteiger partial charge in [0, 0.05) is 26.7 Å². The van der Waals surface area contributed by atoms with Crippen LogP contribution in [0.15, 0.2) is 35.2 Å². The average molecular weight is 396 g/mol. The van der Waals surface area contributed by atoms with Crippen molar-refractivity contribution in [2.75, 3.05) is 33.2 Å². The van der Waals surface area contributed by atoms with Crippen molar-refractivity contribution >= 4 is 21.8 Å². The highest BCUT2D eigenvalue weighted by Gasteiger charge is 2.39. The minimum atomic E-state index is -3.75. The summed E-state index contributed by atoms with van der Waals surface area (Å²) < 4.78 is 27.4. The molecule has 0 N–H and O–H groups in total. The van der Waals surface area contributed by atoms with Gasteiger partial charge in [-0.25, -0.2) is 8.42 Å². The van der Waals surface area contributed by atoms with Crippen molar-refractivity contribution in [3.63, 3.8) is 0 Å². The van der Waals surface area contributed by atoms with Gasteiger partial charge in [-0.15, -0.1) is 0 Å². The monoisotopic (exact) mass is 395 g/mol. The van der Waals surface area contributed by atoms with Crippen molar-refractivity contribution in [1.82, 2.24) is 14.1 Å². The first-order valence-corrected chi connectivity index (χ1v) is 10.9. The summed E-state index contributed by atoms with van der Waals surface area (Å²) in [5.74, 6) is -0.459. The highest BCUT2D eigenvalue weighted by molar-refractivity contribution is 7.89. The van der Waals surface area contributed by atoms with Gasteiger partial charge in [-0.3, -0.25) is 9.59 Å². The summed E-state index contributed by atoms with van der Waals surface area (Å²) in [6.45, 7) is 5.20. The smallest absolute Gasteiger partial charge is 0.243 e. The lowest BCUT2D eigenvalue weighted by Crippen LogP contribution is -2.53. The van der Waals surface area contributed by atoms with Gasteiger partial charge in [0.1, 0.15) is 6.04 Å². The van der Waals surface area contributed by atoms with E-state index in [1.165, 1.54) is 9.21 Å². The van der Waals surface area contributed by atoms with E-state index in [9.17, 15) is 18.0 Å². The number of hydrogen-bond acceptors (Lipinski definition) is 4. The second kappa shape index (κ2) is 9.32. The number of benzene rings is 1. The van der Waals surface area contributed by atoms with E-state index in [2.05, 4.69) is 0 Å². The molecule has 1 fully saturated rings. The van der Waals surface area contributed by atoms with Crippen LogP contribution in [-0.4, -0.2) is 73.6 Å². The molecule has 2 rings (SSSR count). The fraction of sp³-hybridized carbons (Fsp3) is 0.579. The average Bonchev–Trinajstić information content (AvgIpc) is 2.69. The molecule has 1 heterocycles. The van der Waals surface area contributed by atoms with Crippen molar-refractivity contribution < 1.29 is 18.0 Å². The van der Waals surface area contributed by atoms with Gasteiger partial charge in [-0.05, 0) is 38.8 Å². The van der Waals surface area contributed by atoms with Crippen molar-refractivity contribution in [2.45, 2.75) is 44.0 Å². The second-order valence-electron chi connectivity index (χ2n) is 6.70. The van der Waals surface area contributed by atoms with Crippen LogP contribution in [0.5, 0.6) is 0 Å². The zero-order valence-electron chi connectivity index (χ0n) is 16.3. The van der Waals surface area contributed by atoms with Crippen LogP contribution >= 0.6 is 0 Å². The van der Waals surface area contributed by atoms with Crippen LogP contribution < -0.4 is 0 Å². The standard InChI is InChI=1S/C19H29N3O4S/c1-4-21(5-2)18(23)15-20(3)19(24)17-13-9-10-14-22(17)27(25,26)16-11-7-6-8-12-16/h6-8,11-12,17H,4-5,9-10,13-15H2,1-3H3. The first-order valence-electron chi connectivity index (χ1n) is 9.42. The fourth-order valence-electron chi connectivity index (χ4n) is 3.38. The number of rotatable bonds is 7. The molecule has 1 aromatic carbocycles. The largest absolute Gasteiger partial charge is 0.342 e. The predicted molar refractivity (Wildman–Crippen MR) is 104 cm³/mol. The summed E-state index contributed by atoms with van der Waals surface area (Å²) in [4.78, 5) is 28.5. The molecule has 8 heteroatoms. The summed E-state index contributed by atoms with van der Waals surface area (Å²) in [6, 6.07) is 7.41. The van der Waals surface area contributed by atoms with Crippen LogP contribution in [-0.2, 0) is 19.6 Å². The van der Waals surface area contributed by atoms with Gasteiger partial charge >= 0.3 is 0 Å². The molecule has 7 nitrogen and oxygen atoms in total. The van der Waals surface area contributed by atoms with E-state index < -0.39 is 16.1 Å². The molecule has 0 radical (unpaired) electrons. The lowest BCUT2D eigenvalue weighted by Gasteiger charge is -2.36. The topological polar surface area (TPSA) is 78.0 Å². The van der Waals surface area contributed by atoms with Gasteiger partial charge in [0.2, 0.25) is 21.8 Å². The minimum Gasteiger partial charge on any atom is -0.342 e. The molecule has 1 aliphatic rings. The van der Waals surface area contributed by atoms with Crippen molar-refractivity contribution in [2.24, 2.45) is 0 Å². The molecule has 1 aromatic rings. The Kier molecular flexibility index (Phi) is 7.38. The van der Waals surface area contributed by atoms with Gasteiger partial charge in [0.05, 0.1) is 11.4 Å². The van der Waals surface area contributed by atoms with Crippen LogP contribution in [0, 0.1) is 0 Å². The van der Waals surface area contributed by atoms with Crippen LogP contribution in [0.2, 0.25) is 0 Å². The van der Waals surface area contributed by atoms with Crippen LogP contribution in [0.25, 0.3) is 0 Å². The molecule has 0 bridgehead atoms. The van der Waals surface area contributed by atoms with Crippen LogP contribution in [0.1, 0.15) is 33.1 Å². The number of amides is 2. The highest BCUT2D eigenvalue weighted by Crippen LogP contribution is 2.26. The molecule has 1 aliphatic heterocycles. The maximum atomic E-state index is 13.0. The normalized spacial score (nSPS) is 18.1. The number of sulfonamides is 1. The van der Waals surface area contributed by atoms with E-state index >= 15 is 0 Å². The molecule has 2 amide bonds. The summed E-state index contributed by atoms with van der Waals surface area (Å²) in [7, 11) is -2.19. The summed E-state index contributed by atoms with van der Waals surface area (Å²) in [6.07, 6.45) is 1.97. The maximum Gasteiger partial charge on any atom is 0.243 e. The third kappa shape index (κ3) is 4.87. The molecular formula is C19H29N3O4S. The highest BCUT2D eigenvalue weighted by atomic mass is 32.2.